The first-order chi connectivity index (χ1) is 9.71. The molecule has 0 atom stereocenters. The fraction of sp³-hybridized carbons (Fsp3) is 0.500. The van der Waals surface area contributed by atoms with Crippen molar-refractivity contribution in [2.45, 2.75) is 6.42 Å². The normalized spacial score (nSPS) is 10.2. The van der Waals surface area contributed by atoms with Crippen LogP contribution in [0.25, 0.3) is 0 Å². The lowest BCUT2D eigenvalue weighted by atomic mass is 10.2. The molecule has 6 nitrogen and oxygen atoms in total. The number of nitrogens with one attached hydrogen (secondary N) is 1. The van der Waals surface area contributed by atoms with E-state index in [4.69, 9.17) is 19.3 Å². The summed E-state index contributed by atoms with van der Waals surface area (Å²) in [7, 11) is 3.07. The molecule has 0 aliphatic carbocycles. The molecule has 0 spiro atoms. The molecule has 1 aromatic carbocycles. The van der Waals surface area contributed by atoms with Gasteiger partial charge in [0.1, 0.15) is 11.5 Å². The number of amides is 1. The van der Waals surface area contributed by atoms with Gasteiger partial charge in [0.2, 0.25) is 0 Å². The molecule has 6 heteroatoms. The van der Waals surface area contributed by atoms with Gasteiger partial charge in [-0.2, -0.15) is 0 Å². The summed E-state index contributed by atoms with van der Waals surface area (Å²) >= 11 is 0. The topological polar surface area (TPSA) is 77.0 Å². The molecular formula is C14H21NO5. The van der Waals surface area contributed by atoms with Crippen molar-refractivity contribution in [3.8, 4) is 11.5 Å². The van der Waals surface area contributed by atoms with E-state index in [2.05, 4.69) is 5.32 Å². The van der Waals surface area contributed by atoms with Gasteiger partial charge in [0.05, 0.1) is 27.4 Å². The zero-order valence-electron chi connectivity index (χ0n) is 11.8. The molecule has 0 saturated heterocycles. The van der Waals surface area contributed by atoms with Crippen molar-refractivity contribution in [1.29, 1.82) is 0 Å². The molecule has 0 aromatic heterocycles. The number of rotatable bonds is 9. The van der Waals surface area contributed by atoms with Crippen LogP contribution in [0.3, 0.4) is 0 Å². The molecule has 20 heavy (non-hydrogen) atoms. The first-order valence-electron chi connectivity index (χ1n) is 6.41. The lowest BCUT2D eigenvalue weighted by Crippen LogP contribution is -2.25. The Kier molecular flexibility index (Phi) is 7.46. The number of ether oxygens (including phenoxy) is 3. The highest BCUT2D eigenvalue weighted by Gasteiger charge is 2.09. The quantitative estimate of drug-likeness (QED) is 0.657. The molecule has 1 aromatic rings. The van der Waals surface area contributed by atoms with Crippen molar-refractivity contribution >= 4 is 5.91 Å². The molecule has 2 N–H and O–H groups in total. The number of hydrogen-bond donors (Lipinski definition) is 2. The minimum atomic E-state index is -0.190. The van der Waals surface area contributed by atoms with E-state index in [-0.39, 0.29) is 12.5 Å². The Morgan fingerprint density at radius 3 is 2.35 bits per heavy atom. The van der Waals surface area contributed by atoms with E-state index in [9.17, 15) is 4.79 Å². The zero-order chi connectivity index (χ0) is 14.8. The third-order valence-electron chi connectivity index (χ3n) is 2.60. The first kappa shape index (κ1) is 16.3. The highest BCUT2D eigenvalue weighted by Crippen LogP contribution is 2.22. The van der Waals surface area contributed by atoms with Gasteiger partial charge in [-0.1, -0.05) is 0 Å². The van der Waals surface area contributed by atoms with Crippen molar-refractivity contribution in [3.63, 3.8) is 0 Å². The minimum Gasteiger partial charge on any atom is -0.497 e. The third-order valence-corrected chi connectivity index (χ3v) is 2.60. The lowest BCUT2D eigenvalue weighted by molar-refractivity contribution is 0.0867. The van der Waals surface area contributed by atoms with E-state index in [1.807, 2.05) is 0 Å². The Bertz CT molecular complexity index is 400. The molecule has 1 amide bonds. The third kappa shape index (κ3) is 5.46. The second-order valence-electron chi connectivity index (χ2n) is 4.05. The molecule has 112 valence electrons. The number of hydrogen-bond acceptors (Lipinski definition) is 5. The molecule has 0 saturated carbocycles. The Morgan fingerprint density at radius 1 is 1.15 bits per heavy atom. The lowest BCUT2D eigenvalue weighted by Gasteiger charge is -2.09. The predicted octanol–water partition coefficient (Wildman–Crippen LogP) is 0.833. The smallest absolute Gasteiger partial charge is 0.251 e. The number of aliphatic hydroxyl groups excluding tert-OH is 1. The standard InChI is InChI=1S/C14H21NO5/c1-18-12-8-11(9-13(10-12)19-2)14(17)15-4-3-6-20-7-5-16/h8-10,16H,3-7H2,1-2H3,(H,15,17). The van der Waals surface area contributed by atoms with Crippen molar-refractivity contribution < 1.29 is 24.1 Å². The van der Waals surface area contributed by atoms with E-state index in [1.165, 1.54) is 14.2 Å². The van der Waals surface area contributed by atoms with Crippen LogP contribution in [0, 0.1) is 0 Å². The summed E-state index contributed by atoms with van der Waals surface area (Å²) in [6.07, 6.45) is 0.687. The summed E-state index contributed by atoms with van der Waals surface area (Å²) in [6, 6.07) is 5.01. The van der Waals surface area contributed by atoms with Gasteiger partial charge in [0.25, 0.3) is 5.91 Å². The fourth-order valence-corrected chi connectivity index (χ4v) is 1.58. The maximum Gasteiger partial charge on any atom is 0.251 e. The summed E-state index contributed by atoms with van der Waals surface area (Å²) in [5.74, 6) is 0.950. The molecular weight excluding hydrogens is 262 g/mol. The van der Waals surface area contributed by atoms with Crippen molar-refractivity contribution in [1.82, 2.24) is 5.32 Å². The molecule has 0 heterocycles. The highest BCUT2D eigenvalue weighted by atomic mass is 16.5. The number of aliphatic hydroxyl groups is 1. The predicted molar refractivity (Wildman–Crippen MR) is 74.4 cm³/mol. The molecule has 0 radical (unpaired) electrons. The van der Waals surface area contributed by atoms with Gasteiger partial charge in [0, 0.05) is 24.8 Å². The second-order valence-corrected chi connectivity index (χ2v) is 4.05. The van der Waals surface area contributed by atoms with Crippen LogP contribution in [0.4, 0.5) is 0 Å². The average Bonchev–Trinajstić information content (AvgIpc) is 2.49. The van der Waals surface area contributed by atoms with E-state index >= 15 is 0 Å². The molecule has 1 rings (SSSR count). The van der Waals surface area contributed by atoms with E-state index in [1.54, 1.807) is 18.2 Å². The minimum absolute atomic E-state index is 0.00988. The van der Waals surface area contributed by atoms with Crippen LogP contribution in [-0.4, -0.2) is 51.6 Å². The second kappa shape index (κ2) is 9.17. The number of methoxy groups -OCH3 is 2. The maximum absolute atomic E-state index is 12.0. The summed E-state index contributed by atoms with van der Waals surface area (Å²) in [6.45, 7) is 1.34. The Balaban J connectivity index is 2.46. The van der Waals surface area contributed by atoms with E-state index < -0.39 is 0 Å². The largest absolute Gasteiger partial charge is 0.497 e. The SMILES string of the molecule is COc1cc(OC)cc(C(=O)NCCCOCCO)c1. The van der Waals surface area contributed by atoms with Gasteiger partial charge in [-0.25, -0.2) is 0 Å². The number of benzene rings is 1. The van der Waals surface area contributed by atoms with Crippen LogP contribution in [-0.2, 0) is 4.74 Å². The van der Waals surface area contributed by atoms with Crippen molar-refractivity contribution in [2.75, 3.05) is 40.6 Å². The summed E-state index contributed by atoms with van der Waals surface area (Å²) in [4.78, 5) is 12.0. The summed E-state index contributed by atoms with van der Waals surface area (Å²) < 4.78 is 15.3. The Morgan fingerprint density at radius 2 is 1.80 bits per heavy atom. The molecule has 0 aliphatic heterocycles. The monoisotopic (exact) mass is 283 g/mol. The van der Waals surface area contributed by atoms with Gasteiger partial charge in [-0.3, -0.25) is 4.79 Å². The van der Waals surface area contributed by atoms with Gasteiger partial charge in [-0.15, -0.1) is 0 Å². The van der Waals surface area contributed by atoms with Crippen LogP contribution >= 0.6 is 0 Å². The van der Waals surface area contributed by atoms with Crippen LogP contribution in [0.1, 0.15) is 16.8 Å². The van der Waals surface area contributed by atoms with Crippen LogP contribution in [0.2, 0.25) is 0 Å². The summed E-state index contributed by atoms with van der Waals surface area (Å²) in [5.41, 5.74) is 0.484. The molecule has 0 fully saturated rings. The number of carbonyl (C=O) groups is 1. The fourth-order valence-electron chi connectivity index (χ4n) is 1.58. The average molecular weight is 283 g/mol. The van der Waals surface area contributed by atoms with E-state index in [0.29, 0.717) is 43.2 Å². The van der Waals surface area contributed by atoms with Crippen molar-refractivity contribution in [3.05, 3.63) is 23.8 Å². The van der Waals surface area contributed by atoms with Crippen LogP contribution < -0.4 is 14.8 Å². The highest BCUT2D eigenvalue weighted by molar-refractivity contribution is 5.95. The van der Waals surface area contributed by atoms with E-state index in [0.717, 1.165) is 0 Å². The Hall–Kier alpha value is -1.79. The zero-order valence-corrected chi connectivity index (χ0v) is 11.8. The number of carbonyl (C=O) groups excluding carboxylic acids is 1. The Labute approximate surface area is 118 Å². The first-order valence-corrected chi connectivity index (χ1v) is 6.41. The van der Waals surface area contributed by atoms with Gasteiger partial charge >= 0.3 is 0 Å². The van der Waals surface area contributed by atoms with Gasteiger partial charge in [0.15, 0.2) is 0 Å². The maximum atomic E-state index is 12.0. The van der Waals surface area contributed by atoms with Crippen molar-refractivity contribution in [2.24, 2.45) is 0 Å². The molecule has 0 aliphatic rings. The van der Waals surface area contributed by atoms with Crippen LogP contribution in [0.15, 0.2) is 18.2 Å². The molecule has 0 bridgehead atoms. The van der Waals surface area contributed by atoms with Gasteiger partial charge in [-0.05, 0) is 18.6 Å². The van der Waals surface area contributed by atoms with Gasteiger partial charge < -0.3 is 24.6 Å². The van der Waals surface area contributed by atoms with Crippen LogP contribution in [0.5, 0.6) is 11.5 Å². The molecule has 0 unspecified atom stereocenters. The summed E-state index contributed by atoms with van der Waals surface area (Å²) in [5, 5.41) is 11.3.